The topological polar surface area (TPSA) is 60.2 Å². The predicted molar refractivity (Wildman–Crippen MR) is 60.4 cm³/mol. The van der Waals surface area contributed by atoms with Gasteiger partial charge in [0, 0.05) is 17.7 Å². The molecule has 2 rings (SSSR count). The molecule has 0 spiro atoms. The van der Waals surface area contributed by atoms with E-state index in [4.69, 9.17) is 5.73 Å². The number of hydrogen-bond donors (Lipinski definition) is 1. The summed E-state index contributed by atoms with van der Waals surface area (Å²) >= 11 is 0. The third-order valence-electron chi connectivity index (χ3n) is 3.06. The zero-order valence-electron chi connectivity index (χ0n) is 8.93. The first-order valence-corrected chi connectivity index (χ1v) is 6.91. The van der Waals surface area contributed by atoms with Gasteiger partial charge in [-0.3, -0.25) is 0 Å². The molecule has 3 atom stereocenters. The number of halogens is 1. The summed E-state index contributed by atoms with van der Waals surface area (Å²) in [5.74, 6) is -0.526. The second-order valence-electron chi connectivity index (χ2n) is 4.07. The molecule has 1 aromatic carbocycles. The lowest BCUT2D eigenvalue weighted by atomic mass is 10.1. The molecule has 3 nitrogen and oxygen atoms in total. The smallest absolute Gasteiger partial charge is 0.155 e. The molecule has 88 valence electrons. The van der Waals surface area contributed by atoms with Crippen LogP contribution in [0, 0.1) is 5.82 Å². The zero-order chi connectivity index (χ0) is 11.9. The molecule has 0 aromatic heterocycles. The maximum Gasteiger partial charge on any atom is 0.155 e. The summed E-state index contributed by atoms with van der Waals surface area (Å²) in [5, 5.41) is -0.542. The lowest BCUT2D eigenvalue weighted by Gasteiger charge is -2.00. The number of rotatable bonds is 3. The molecular weight excluding hydrogens is 229 g/mol. The van der Waals surface area contributed by atoms with Crippen molar-refractivity contribution in [2.75, 3.05) is 5.75 Å². The fraction of sp³-hybridized carbons (Fsp3) is 0.455. The van der Waals surface area contributed by atoms with Gasteiger partial charge in [-0.05, 0) is 17.7 Å². The van der Waals surface area contributed by atoms with E-state index in [1.807, 2.05) is 0 Å². The van der Waals surface area contributed by atoms with E-state index in [0.29, 0.717) is 5.56 Å². The Kier molecular flexibility index (Phi) is 2.75. The van der Waals surface area contributed by atoms with Crippen LogP contribution in [0.15, 0.2) is 24.3 Å². The van der Waals surface area contributed by atoms with Crippen molar-refractivity contribution in [1.82, 2.24) is 0 Å². The van der Waals surface area contributed by atoms with E-state index in [2.05, 4.69) is 0 Å². The molecule has 0 bridgehead atoms. The Labute approximate surface area is 94.4 Å². The molecule has 0 heterocycles. The summed E-state index contributed by atoms with van der Waals surface area (Å²) in [7, 11) is -3.13. The van der Waals surface area contributed by atoms with E-state index in [-0.39, 0.29) is 17.5 Å². The zero-order valence-corrected chi connectivity index (χ0v) is 9.75. The summed E-state index contributed by atoms with van der Waals surface area (Å²) in [6.45, 7) is 1.60. The van der Waals surface area contributed by atoms with Gasteiger partial charge in [0.15, 0.2) is 9.84 Å². The Morgan fingerprint density at radius 2 is 2.12 bits per heavy atom. The molecule has 1 aliphatic rings. The van der Waals surface area contributed by atoms with E-state index in [9.17, 15) is 12.8 Å². The first kappa shape index (κ1) is 11.5. The normalized spacial score (nSPS) is 29.1. The second kappa shape index (κ2) is 3.82. The first-order chi connectivity index (χ1) is 7.47. The van der Waals surface area contributed by atoms with Crippen molar-refractivity contribution in [2.24, 2.45) is 5.73 Å². The van der Waals surface area contributed by atoms with Crippen LogP contribution >= 0.6 is 0 Å². The van der Waals surface area contributed by atoms with Gasteiger partial charge in [-0.15, -0.1) is 0 Å². The summed E-state index contributed by atoms with van der Waals surface area (Å²) in [4.78, 5) is 0. The average Bonchev–Trinajstić information content (AvgIpc) is 2.91. The van der Waals surface area contributed by atoms with Crippen molar-refractivity contribution in [1.29, 1.82) is 0 Å². The fourth-order valence-electron chi connectivity index (χ4n) is 2.09. The van der Waals surface area contributed by atoms with Crippen LogP contribution in [0.1, 0.15) is 18.4 Å². The van der Waals surface area contributed by atoms with Crippen LogP contribution in [0.4, 0.5) is 4.39 Å². The summed E-state index contributed by atoms with van der Waals surface area (Å²) < 4.78 is 36.3. The van der Waals surface area contributed by atoms with Gasteiger partial charge in [0.05, 0.1) is 5.25 Å². The first-order valence-electron chi connectivity index (χ1n) is 5.20. The van der Waals surface area contributed by atoms with Gasteiger partial charge in [0.1, 0.15) is 5.82 Å². The lowest BCUT2D eigenvalue weighted by molar-refractivity contribution is 0.594. The molecule has 0 aliphatic heterocycles. The highest BCUT2D eigenvalue weighted by molar-refractivity contribution is 7.92. The number of nitrogens with two attached hydrogens (primary N) is 1. The minimum Gasteiger partial charge on any atom is -0.326 e. The molecule has 2 N–H and O–H groups in total. The number of benzene rings is 1. The van der Waals surface area contributed by atoms with Crippen LogP contribution in [-0.4, -0.2) is 25.5 Å². The highest BCUT2D eigenvalue weighted by Gasteiger charge is 2.55. The maximum absolute atomic E-state index is 13.0. The van der Waals surface area contributed by atoms with Gasteiger partial charge in [0.2, 0.25) is 0 Å². The summed E-state index contributed by atoms with van der Waals surface area (Å²) in [6, 6.07) is 5.59. The molecule has 16 heavy (non-hydrogen) atoms. The molecule has 1 aliphatic carbocycles. The van der Waals surface area contributed by atoms with Crippen molar-refractivity contribution >= 4 is 9.84 Å². The van der Waals surface area contributed by atoms with Gasteiger partial charge in [-0.25, -0.2) is 12.8 Å². The van der Waals surface area contributed by atoms with Crippen molar-refractivity contribution in [2.45, 2.75) is 24.1 Å². The number of hydrogen-bond acceptors (Lipinski definition) is 3. The van der Waals surface area contributed by atoms with Gasteiger partial charge in [-0.1, -0.05) is 19.1 Å². The van der Waals surface area contributed by atoms with Crippen LogP contribution in [0.5, 0.6) is 0 Å². The molecule has 1 saturated carbocycles. The van der Waals surface area contributed by atoms with Gasteiger partial charge in [-0.2, -0.15) is 0 Å². The fourth-order valence-corrected chi connectivity index (χ4v) is 3.81. The Balaban J connectivity index is 2.27. The SMILES string of the molecule is CCS(=O)(=O)C1C(N)C1c1cccc(F)c1. The Morgan fingerprint density at radius 3 is 2.69 bits per heavy atom. The second-order valence-corrected chi connectivity index (χ2v) is 6.52. The highest BCUT2D eigenvalue weighted by Crippen LogP contribution is 2.45. The van der Waals surface area contributed by atoms with E-state index < -0.39 is 21.1 Å². The van der Waals surface area contributed by atoms with Crippen LogP contribution in [-0.2, 0) is 9.84 Å². The Hall–Kier alpha value is -0.940. The van der Waals surface area contributed by atoms with E-state index >= 15 is 0 Å². The maximum atomic E-state index is 13.0. The molecule has 5 heteroatoms. The molecule has 1 fully saturated rings. The van der Waals surface area contributed by atoms with Crippen LogP contribution in [0.2, 0.25) is 0 Å². The van der Waals surface area contributed by atoms with E-state index in [1.165, 1.54) is 12.1 Å². The van der Waals surface area contributed by atoms with Crippen LogP contribution in [0.3, 0.4) is 0 Å². The highest BCUT2D eigenvalue weighted by atomic mass is 32.2. The van der Waals surface area contributed by atoms with Crippen molar-refractivity contribution in [3.05, 3.63) is 35.6 Å². The molecule has 0 amide bonds. The third kappa shape index (κ3) is 1.85. The predicted octanol–water partition coefficient (Wildman–Crippen LogP) is 1.05. The van der Waals surface area contributed by atoms with Gasteiger partial charge < -0.3 is 5.73 Å². The number of sulfone groups is 1. The van der Waals surface area contributed by atoms with Crippen LogP contribution in [0.25, 0.3) is 0 Å². The largest absolute Gasteiger partial charge is 0.326 e. The quantitative estimate of drug-likeness (QED) is 0.863. The van der Waals surface area contributed by atoms with Crippen molar-refractivity contribution < 1.29 is 12.8 Å². The molecule has 1 aromatic rings. The standard InChI is InChI=1S/C11H14FNO2S/c1-2-16(14,15)11-9(10(11)13)7-4-3-5-8(12)6-7/h3-6,9-11H,2,13H2,1H3. The Morgan fingerprint density at radius 1 is 1.44 bits per heavy atom. The van der Waals surface area contributed by atoms with Gasteiger partial charge >= 0.3 is 0 Å². The summed E-state index contributed by atoms with van der Waals surface area (Å²) in [6.07, 6.45) is 0. The van der Waals surface area contributed by atoms with Crippen LogP contribution < -0.4 is 5.73 Å². The average molecular weight is 243 g/mol. The van der Waals surface area contributed by atoms with E-state index in [0.717, 1.165) is 0 Å². The summed E-state index contributed by atoms with van der Waals surface area (Å²) in [5.41, 5.74) is 6.43. The monoisotopic (exact) mass is 243 g/mol. The Bertz CT molecular complexity index is 500. The van der Waals surface area contributed by atoms with Crippen molar-refractivity contribution in [3.8, 4) is 0 Å². The van der Waals surface area contributed by atoms with Gasteiger partial charge in [0.25, 0.3) is 0 Å². The van der Waals surface area contributed by atoms with Crippen molar-refractivity contribution in [3.63, 3.8) is 0 Å². The van der Waals surface area contributed by atoms with E-state index in [1.54, 1.807) is 19.1 Å². The lowest BCUT2D eigenvalue weighted by Crippen LogP contribution is -2.17. The minimum absolute atomic E-state index is 0.0805. The molecule has 0 radical (unpaired) electrons. The molecule has 3 unspecified atom stereocenters. The third-order valence-corrected chi connectivity index (χ3v) is 5.30. The molecular formula is C11H14FNO2S. The molecule has 0 saturated heterocycles. The minimum atomic E-state index is -3.13.